The normalized spacial score (nSPS) is 15.5. The van der Waals surface area contributed by atoms with Crippen LogP contribution in [0.5, 0.6) is 0 Å². The Balaban J connectivity index is 1.66. The SMILES string of the molecule is CN(Cc1cnn(C)c1)Cc1nc(N2CCOCC2)c2ncn(CC(F)(F)F)c2n1. The van der Waals surface area contributed by atoms with E-state index in [1.54, 1.807) is 10.9 Å². The van der Waals surface area contributed by atoms with Crippen molar-refractivity contribution in [2.45, 2.75) is 25.8 Å². The van der Waals surface area contributed by atoms with E-state index in [0.717, 1.165) is 10.1 Å². The van der Waals surface area contributed by atoms with Crippen molar-refractivity contribution in [2.24, 2.45) is 7.05 Å². The third-order valence-corrected chi connectivity index (χ3v) is 4.77. The van der Waals surface area contributed by atoms with Crippen LogP contribution >= 0.6 is 0 Å². The number of imidazole rings is 1. The van der Waals surface area contributed by atoms with Gasteiger partial charge in [-0.1, -0.05) is 0 Å². The molecule has 0 saturated carbocycles. The number of morpholine rings is 1. The van der Waals surface area contributed by atoms with Crippen LogP contribution in [-0.4, -0.2) is 73.7 Å². The summed E-state index contributed by atoms with van der Waals surface area (Å²) in [5.41, 5.74) is 1.59. The van der Waals surface area contributed by atoms with Crippen molar-refractivity contribution >= 4 is 17.0 Å². The molecule has 12 heteroatoms. The Kier molecular flexibility index (Phi) is 5.60. The van der Waals surface area contributed by atoms with Crippen LogP contribution < -0.4 is 4.90 Å². The second-order valence-corrected chi connectivity index (χ2v) is 7.42. The number of hydrogen-bond acceptors (Lipinski definition) is 7. The molecule has 0 spiro atoms. The van der Waals surface area contributed by atoms with Gasteiger partial charge in [0.2, 0.25) is 0 Å². The molecule has 3 aromatic heterocycles. The van der Waals surface area contributed by atoms with Crippen LogP contribution in [-0.2, 0) is 31.4 Å². The zero-order valence-electron chi connectivity index (χ0n) is 16.8. The van der Waals surface area contributed by atoms with Gasteiger partial charge in [-0.3, -0.25) is 9.58 Å². The molecule has 4 rings (SSSR count). The van der Waals surface area contributed by atoms with Gasteiger partial charge in [0.15, 0.2) is 17.0 Å². The summed E-state index contributed by atoms with van der Waals surface area (Å²) in [5.74, 6) is 0.994. The molecular formula is C18H23F3N8O. The summed E-state index contributed by atoms with van der Waals surface area (Å²) in [6, 6.07) is 0. The third-order valence-electron chi connectivity index (χ3n) is 4.77. The fourth-order valence-corrected chi connectivity index (χ4v) is 3.51. The van der Waals surface area contributed by atoms with Crippen molar-refractivity contribution < 1.29 is 17.9 Å². The molecule has 0 radical (unpaired) electrons. The highest BCUT2D eigenvalue weighted by Crippen LogP contribution is 2.26. The van der Waals surface area contributed by atoms with Crippen LogP contribution in [0.1, 0.15) is 11.4 Å². The first kappa shape index (κ1) is 20.5. The molecule has 0 aromatic carbocycles. The Hall–Kier alpha value is -2.73. The summed E-state index contributed by atoms with van der Waals surface area (Å²) in [5, 5.41) is 4.15. The van der Waals surface area contributed by atoms with Gasteiger partial charge in [0.05, 0.1) is 32.3 Å². The molecule has 30 heavy (non-hydrogen) atoms. The van der Waals surface area contributed by atoms with Gasteiger partial charge in [-0.05, 0) is 7.05 Å². The van der Waals surface area contributed by atoms with Crippen LogP contribution in [0.25, 0.3) is 11.2 Å². The number of halogens is 3. The van der Waals surface area contributed by atoms with Crippen molar-refractivity contribution in [1.82, 2.24) is 34.2 Å². The number of ether oxygens (including phenoxy) is 1. The Labute approximate surface area is 171 Å². The summed E-state index contributed by atoms with van der Waals surface area (Å²) in [6.07, 6.45) is 0.505. The maximum atomic E-state index is 13.0. The largest absolute Gasteiger partial charge is 0.406 e. The van der Waals surface area contributed by atoms with E-state index in [0.29, 0.717) is 56.6 Å². The number of rotatable bonds is 6. The second kappa shape index (κ2) is 8.19. The molecule has 4 heterocycles. The van der Waals surface area contributed by atoms with E-state index in [9.17, 15) is 13.2 Å². The fraction of sp³-hybridized carbons (Fsp3) is 0.556. The first-order valence-corrected chi connectivity index (χ1v) is 9.56. The molecule has 0 amide bonds. The van der Waals surface area contributed by atoms with Crippen LogP contribution in [0, 0.1) is 0 Å². The highest BCUT2D eigenvalue weighted by atomic mass is 19.4. The molecule has 1 saturated heterocycles. The van der Waals surface area contributed by atoms with Gasteiger partial charge in [-0.15, -0.1) is 0 Å². The average Bonchev–Trinajstić information content (AvgIpc) is 3.26. The van der Waals surface area contributed by atoms with Gasteiger partial charge in [-0.2, -0.15) is 18.3 Å². The maximum Gasteiger partial charge on any atom is 0.406 e. The highest BCUT2D eigenvalue weighted by molar-refractivity contribution is 5.83. The number of aryl methyl sites for hydroxylation is 1. The number of anilines is 1. The van der Waals surface area contributed by atoms with Crippen LogP contribution in [0.2, 0.25) is 0 Å². The molecule has 0 N–H and O–H groups in total. The summed E-state index contributed by atoms with van der Waals surface area (Å²) < 4.78 is 47.2. The first-order chi connectivity index (χ1) is 14.3. The van der Waals surface area contributed by atoms with Crippen LogP contribution in [0.3, 0.4) is 0 Å². The van der Waals surface area contributed by atoms with Gasteiger partial charge >= 0.3 is 6.18 Å². The van der Waals surface area contributed by atoms with Crippen molar-refractivity contribution in [3.05, 3.63) is 30.1 Å². The molecule has 0 atom stereocenters. The standard InChI is InChI=1S/C18H23F3N8O/c1-26(8-13-7-23-27(2)9-13)10-14-24-16(28-3-5-30-6-4-28)15-17(25-14)29(12-22-15)11-18(19,20)21/h7,9,12H,3-6,8,10-11H2,1-2H3. The van der Waals surface area contributed by atoms with Gasteiger partial charge in [0.1, 0.15) is 12.4 Å². The van der Waals surface area contributed by atoms with E-state index in [2.05, 4.69) is 20.1 Å². The molecule has 1 aliphatic heterocycles. The van der Waals surface area contributed by atoms with Gasteiger partial charge in [0.25, 0.3) is 0 Å². The molecule has 1 fully saturated rings. The lowest BCUT2D eigenvalue weighted by molar-refractivity contribution is -0.140. The van der Waals surface area contributed by atoms with E-state index < -0.39 is 12.7 Å². The molecule has 9 nitrogen and oxygen atoms in total. The number of fused-ring (bicyclic) bond motifs is 1. The van der Waals surface area contributed by atoms with Crippen molar-refractivity contribution in [3.63, 3.8) is 0 Å². The Morgan fingerprint density at radius 2 is 1.93 bits per heavy atom. The zero-order valence-corrected chi connectivity index (χ0v) is 16.8. The first-order valence-electron chi connectivity index (χ1n) is 9.56. The number of alkyl halides is 3. The maximum absolute atomic E-state index is 13.0. The van der Waals surface area contributed by atoms with Crippen molar-refractivity contribution in [1.29, 1.82) is 0 Å². The smallest absolute Gasteiger partial charge is 0.378 e. The summed E-state index contributed by atoms with van der Waals surface area (Å²) in [6.45, 7) is 2.11. The minimum Gasteiger partial charge on any atom is -0.378 e. The number of hydrogen-bond donors (Lipinski definition) is 0. The van der Waals surface area contributed by atoms with Crippen molar-refractivity contribution in [2.75, 3.05) is 38.3 Å². The Morgan fingerprint density at radius 1 is 1.17 bits per heavy atom. The lowest BCUT2D eigenvalue weighted by Gasteiger charge is -2.28. The molecule has 0 aliphatic carbocycles. The summed E-state index contributed by atoms with van der Waals surface area (Å²) in [4.78, 5) is 17.3. The molecule has 0 unspecified atom stereocenters. The monoisotopic (exact) mass is 424 g/mol. The minimum absolute atomic E-state index is 0.189. The van der Waals surface area contributed by atoms with Crippen LogP contribution in [0.4, 0.5) is 19.0 Å². The average molecular weight is 424 g/mol. The quantitative estimate of drug-likeness (QED) is 0.595. The lowest BCUT2D eigenvalue weighted by Crippen LogP contribution is -2.37. The third kappa shape index (κ3) is 4.70. The minimum atomic E-state index is -4.37. The van der Waals surface area contributed by atoms with E-state index in [-0.39, 0.29) is 5.65 Å². The van der Waals surface area contributed by atoms with Crippen LogP contribution in [0.15, 0.2) is 18.7 Å². The molecule has 162 valence electrons. The van der Waals surface area contributed by atoms with Gasteiger partial charge in [-0.25, -0.2) is 15.0 Å². The lowest BCUT2D eigenvalue weighted by atomic mass is 10.3. The highest BCUT2D eigenvalue weighted by Gasteiger charge is 2.30. The predicted octanol–water partition coefficient (Wildman–Crippen LogP) is 1.59. The van der Waals surface area contributed by atoms with E-state index in [4.69, 9.17) is 4.74 Å². The summed E-state index contributed by atoms with van der Waals surface area (Å²) >= 11 is 0. The molecular weight excluding hydrogens is 401 g/mol. The van der Waals surface area contributed by atoms with E-state index in [1.807, 2.05) is 30.1 Å². The fourth-order valence-electron chi connectivity index (χ4n) is 3.51. The molecule has 1 aliphatic rings. The topological polar surface area (TPSA) is 77.1 Å². The van der Waals surface area contributed by atoms with E-state index >= 15 is 0 Å². The van der Waals surface area contributed by atoms with Gasteiger partial charge < -0.3 is 14.2 Å². The summed E-state index contributed by atoms with van der Waals surface area (Å²) in [7, 11) is 3.75. The molecule has 0 bridgehead atoms. The predicted molar refractivity (Wildman–Crippen MR) is 103 cm³/mol. The molecule has 3 aromatic rings. The number of aromatic nitrogens is 6. The number of nitrogens with zero attached hydrogens (tertiary/aromatic N) is 8. The van der Waals surface area contributed by atoms with Crippen molar-refractivity contribution in [3.8, 4) is 0 Å². The Bertz CT molecular complexity index is 1010. The van der Waals surface area contributed by atoms with Gasteiger partial charge in [0, 0.05) is 38.4 Å². The Morgan fingerprint density at radius 3 is 2.60 bits per heavy atom. The zero-order chi connectivity index (χ0) is 21.3. The van der Waals surface area contributed by atoms with E-state index in [1.165, 1.54) is 6.33 Å². The second-order valence-electron chi connectivity index (χ2n) is 7.42.